The fraction of sp³-hybridized carbons (Fsp3) is 0.158. The molecule has 25 heavy (non-hydrogen) atoms. The maximum atomic E-state index is 12.2. The summed E-state index contributed by atoms with van der Waals surface area (Å²) < 4.78 is 5.03. The number of hydrazone groups is 1. The van der Waals surface area contributed by atoms with Crippen LogP contribution in [0, 0.1) is 11.3 Å². The normalized spacial score (nSPS) is 13.1. The topological polar surface area (TPSA) is 82.8 Å². The van der Waals surface area contributed by atoms with Gasteiger partial charge in [0.2, 0.25) is 0 Å². The number of nitrogens with zero attached hydrogens (tertiary/aromatic N) is 3. The third kappa shape index (κ3) is 3.90. The molecular weight excluding hydrogens is 318 g/mol. The zero-order chi connectivity index (χ0) is 17.6. The molecule has 6 heteroatoms. The summed E-state index contributed by atoms with van der Waals surface area (Å²) in [5.41, 5.74) is 2.41. The van der Waals surface area contributed by atoms with Crippen molar-refractivity contribution in [1.29, 1.82) is 5.26 Å². The minimum Gasteiger partial charge on any atom is -0.452 e. The summed E-state index contributed by atoms with van der Waals surface area (Å²) in [4.78, 5) is 24.2. The van der Waals surface area contributed by atoms with E-state index in [1.807, 2.05) is 36.4 Å². The molecule has 0 radical (unpaired) electrons. The Bertz CT molecular complexity index is 869. The van der Waals surface area contributed by atoms with Crippen LogP contribution >= 0.6 is 0 Å². The Labute approximate surface area is 144 Å². The Hall–Kier alpha value is -3.46. The highest BCUT2D eigenvalue weighted by Gasteiger charge is 2.22. The van der Waals surface area contributed by atoms with Crippen LogP contribution in [-0.4, -0.2) is 35.7 Å². The van der Waals surface area contributed by atoms with E-state index in [1.165, 1.54) is 17.1 Å². The first-order chi connectivity index (χ1) is 12.2. The van der Waals surface area contributed by atoms with Crippen molar-refractivity contribution in [3.05, 3.63) is 71.3 Å². The zero-order valence-corrected chi connectivity index (χ0v) is 13.4. The molecule has 1 amide bonds. The van der Waals surface area contributed by atoms with E-state index < -0.39 is 5.97 Å². The molecule has 0 bridgehead atoms. The lowest BCUT2D eigenvalue weighted by molar-refractivity contribution is -0.134. The predicted molar refractivity (Wildman–Crippen MR) is 90.7 cm³/mol. The predicted octanol–water partition coefficient (Wildman–Crippen LogP) is 2.35. The van der Waals surface area contributed by atoms with Crippen molar-refractivity contribution in [2.24, 2.45) is 5.10 Å². The van der Waals surface area contributed by atoms with Gasteiger partial charge in [-0.05, 0) is 23.8 Å². The lowest BCUT2D eigenvalue weighted by Gasteiger charge is -2.11. The number of nitriles is 1. The van der Waals surface area contributed by atoms with Crippen LogP contribution in [0.3, 0.4) is 0 Å². The molecular formula is C19H15N3O3. The number of benzene rings is 2. The van der Waals surface area contributed by atoms with E-state index >= 15 is 0 Å². The van der Waals surface area contributed by atoms with E-state index in [4.69, 9.17) is 10.00 Å². The molecule has 0 spiro atoms. The lowest BCUT2D eigenvalue weighted by Crippen LogP contribution is -2.28. The fourth-order valence-electron chi connectivity index (χ4n) is 2.47. The molecule has 0 unspecified atom stereocenters. The number of esters is 1. The average molecular weight is 333 g/mol. The summed E-state index contributed by atoms with van der Waals surface area (Å²) in [5, 5.41) is 14.5. The average Bonchev–Trinajstić information content (AvgIpc) is 3.17. The molecule has 124 valence electrons. The van der Waals surface area contributed by atoms with E-state index in [2.05, 4.69) is 5.10 Å². The number of amides is 1. The van der Waals surface area contributed by atoms with Gasteiger partial charge < -0.3 is 4.74 Å². The second-order valence-corrected chi connectivity index (χ2v) is 5.45. The molecule has 0 fully saturated rings. The molecule has 0 N–H and O–H groups in total. The van der Waals surface area contributed by atoms with E-state index in [0.717, 1.165) is 11.3 Å². The molecule has 0 saturated carbocycles. The maximum Gasteiger partial charge on any atom is 0.338 e. The summed E-state index contributed by atoms with van der Waals surface area (Å²) in [5.74, 6) is -1.02. The first kappa shape index (κ1) is 16.4. The molecule has 0 atom stereocenters. The van der Waals surface area contributed by atoms with Gasteiger partial charge >= 0.3 is 5.97 Å². The second kappa shape index (κ2) is 7.41. The first-order valence-corrected chi connectivity index (χ1v) is 7.78. The summed E-state index contributed by atoms with van der Waals surface area (Å²) in [7, 11) is 0. The molecule has 1 aliphatic heterocycles. The second-order valence-electron chi connectivity index (χ2n) is 5.45. The monoisotopic (exact) mass is 333 g/mol. The molecule has 0 aromatic heterocycles. The van der Waals surface area contributed by atoms with Crippen molar-refractivity contribution < 1.29 is 14.3 Å². The Morgan fingerprint density at radius 3 is 2.72 bits per heavy atom. The molecule has 6 nitrogen and oxygen atoms in total. The SMILES string of the molecule is N#Cc1cccc(C(=O)OCC(=O)N2CCC(c3ccccc3)=N2)c1. The van der Waals surface area contributed by atoms with Crippen LogP contribution in [0.4, 0.5) is 0 Å². The van der Waals surface area contributed by atoms with Crippen LogP contribution in [0.2, 0.25) is 0 Å². The number of rotatable bonds is 4. The van der Waals surface area contributed by atoms with Crippen molar-refractivity contribution >= 4 is 17.6 Å². The number of carbonyl (C=O) groups excluding carboxylic acids is 2. The van der Waals surface area contributed by atoms with E-state index in [0.29, 0.717) is 18.5 Å². The number of hydrogen-bond donors (Lipinski definition) is 0. The van der Waals surface area contributed by atoms with Gasteiger partial charge in [0, 0.05) is 6.42 Å². The van der Waals surface area contributed by atoms with Crippen LogP contribution in [0.15, 0.2) is 59.7 Å². The van der Waals surface area contributed by atoms with Crippen LogP contribution < -0.4 is 0 Å². The van der Waals surface area contributed by atoms with Crippen molar-refractivity contribution in [1.82, 2.24) is 5.01 Å². The summed E-state index contributed by atoms with van der Waals surface area (Å²) >= 11 is 0. The van der Waals surface area contributed by atoms with Crippen LogP contribution in [0.5, 0.6) is 0 Å². The van der Waals surface area contributed by atoms with Gasteiger partial charge in [-0.25, -0.2) is 9.80 Å². The van der Waals surface area contributed by atoms with Gasteiger partial charge in [-0.15, -0.1) is 0 Å². The Morgan fingerprint density at radius 2 is 1.96 bits per heavy atom. The van der Waals surface area contributed by atoms with Gasteiger partial charge in [0.1, 0.15) is 0 Å². The van der Waals surface area contributed by atoms with Crippen LogP contribution in [-0.2, 0) is 9.53 Å². The highest BCUT2D eigenvalue weighted by atomic mass is 16.5. The molecule has 1 aliphatic rings. The van der Waals surface area contributed by atoms with E-state index in [1.54, 1.807) is 12.1 Å². The van der Waals surface area contributed by atoms with Gasteiger partial charge in [-0.3, -0.25) is 4.79 Å². The fourth-order valence-corrected chi connectivity index (χ4v) is 2.47. The van der Waals surface area contributed by atoms with Gasteiger partial charge in [-0.1, -0.05) is 36.4 Å². The van der Waals surface area contributed by atoms with E-state index in [-0.39, 0.29) is 18.1 Å². The summed E-state index contributed by atoms with van der Waals surface area (Å²) in [6, 6.07) is 17.7. The van der Waals surface area contributed by atoms with Crippen LogP contribution in [0.1, 0.15) is 27.9 Å². The minimum atomic E-state index is -0.642. The standard InChI is InChI=1S/C19H15N3O3/c20-12-14-5-4-8-16(11-14)19(24)25-13-18(23)22-10-9-17(21-22)15-6-2-1-3-7-15/h1-8,11H,9-10,13H2. The number of ether oxygens (including phenoxy) is 1. The largest absolute Gasteiger partial charge is 0.452 e. The lowest BCUT2D eigenvalue weighted by atomic mass is 10.1. The molecule has 2 aromatic carbocycles. The van der Waals surface area contributed by atoms with Gasteiger partial charge in [-0.2, -0.15) is 10.4 Å². The van der Waals surface area contributed by atoms with Crippen molar-refractivity contribution in [2.45, 2.75) is 6.42 Å². The molecule has 0 saturated heterocycles. The first-order valence-electron chi connectivity index (χ1n) is 7.78. The molecule has 0 aliphatic carbocycles. The van der Waals surface area contributed by atoms with Gasteiger partial charge in [0.15, 0.2) is 6.61 Å². The van der Waals surface area contributed by atoms with Crippen LogP contribution in [0.25, 0.3) is 0 Å². The maximum absolute atomic E-state index is 12.2. The highest BCUT2D eigenvalue weighted by Crippen LogP contribution is 2.14. The Kier molecular flexibility index (Phi) is 4.86. The molecule has 2 aromatic rings. The third-order valence-corrected chi connectivity index (χ3v) is 3.75. The summed E-state index contributed by atoms with van der Waals surface area (Å²) in [6.45, 7) is 0.0751. The number of hydrogen-bond acceptors (Lipinski definition) is 5. The smallest absolute Gasteiger partial charge is 0.338 e. The van der Waals surface area contributed by atoms with Crippen molar-refractivity contribution in [2.75, 3.05) is 13.2 Å². The summed E-state index contributed by atoms with van der Waals surface area (Å²) in [6.07, 6.45) is 0.661. The van der Waals surface area contributed by atoms with Crippen molar-refractivity contribution in [3.63, 3.8) is 0 Å². The molecule has 3 rings (SSSR count). The highest BCUT2D eigenvalue weighted by molar-refractivity contribution is 6.02. The Morgan fingerprint density at radius 1 is 1.16 bits per heavy atom. The quantitative estimate of drug-likeness (QED) is 0.804. The van der Waals surface area contributed by atoms with Gasteiger partial charge in [0.25, 0.3) is 5.91 Å². The third-order valence-electron chi connectivity index (χ3n) is 3.75. The Balaban J connectivity index is 1.59. The van der Waals surface area contributed by atoms with Gasteiger partial charge in [0.05, 0.1) is 29.5 Å². The molecule has 1 heterocycles. The minimum absolute atomic E-state index is 0.238. The number of carbonyl (C=O) groups is 2. The zero-order valence-electron chi connectivity index (χ0n) is 13.4. The van der Waals surface area contributed by atoms with E-state index in [9.17, 15) is 9.59 Å². The van der Waals surface area contributed by atoms with Crippen molar-refractivity contribution in [3.8, 4) is 6.07 Å².